The van der Waals surface area contributed by atoms with Gasteiger partial charge in [0.2, 0.25) is 5.91 Å². The molecule has 7 nitrogen and oxygen atoms in total. The number of carbonyl (C=O) groups is 1. The topological polar surface area (TPSA) is 73.8 Å². The van der Waals surface area contributed by atoms with Gasteiger partial charge in [-0.05, 0) is 12.1 Å². The van der Waals surface area contributed by atoms with Gasteiger partial charge in [0, 0.05) is 50.7 Å². The van der Waals surface area contributed by atoms with Gasteiger partial charge in [-0.3, -0.25) is 4.79 Å². The second-order valence-corrected chi connectivity index (χ2v) is 5.71. The predicted molar refractivity (Wildman–Crippen MR) is 88.2 cm³/mol. The molecule has 0 radical (unpaired) electrons. The van der Waals surface area contributed by atoms with E-state index in [0.29, 0.717) is 19.1 Å². The third-order valence-electron chi connectivity index (χ3n) is 4.10. The van der Waals surface area contributed by atoms with E-state index >= 15 is 0 Å². The number of methoxy groups -OCH3 is 2. The summed E-state index contributed by atoms with van der Waals surface area (Å²) in [5.41, 5.74) is 0.784. The summed E-state index contributed by atoms with van der Waals surface area (Å²) in [6.45, 7) is 1.45. The lowest BCUT2D eigenvalue weighted by atomic mass is 10.1. The summed E-state index contributed by atoms with van der Waals surface area (Å²) < 4.78 is 16.0. The van der Waals surface area contributed by atoms with Crippen molar-refractivity contribution in [2.45, 2.75) is 18.9 Å². The predicted octanol–water partition coefficient (Wildman–Crippen LogP) is 1.65. The number of hydrogen-bond acceptors (Lipinski definition) is 6. The molecule has 1 fully saturated rings. The number of fused-ring (bicyclic) bond motifs is 1. The summed E-state index contributed by atoms with van der Waals surface area (Å²) in [7, 11) is 3.15. The molecule has 0 atom stereocenters. The Morgan fingerprint density at radius 1 is 1.29 bits per heavy atom. The van der Waals surface area contributed by atoms with E-state index in [1.54, 1.807) is 18.2 Å². The van der Waals surface area contributed by atoms with Crippen LogP contribution in [0.1, 0.15) is 12.8 Å². The van der Waals surface area contributed by atoms with Crippen molar-refractivity contribution in [1.82, 2.24) is 14.9 Å². The molecule has 0 spiro atoms. The first-order valence-electron chi connectivity index (χ1n) is 7.94. The second kappa shape index (κ2) is 7.44. The fourth-order valence-corrected chi connectivity index (χ4v) is 2.76. The molecule has 3 rings (SSSR count). The largest absolute Gasteiger partial charge is 0.497 e. The average molecular weight is 331 g/mol. The zero-order valence-corrected chi connectivity index (χ0v) is 13.9. The van der Waals surface area contributed by atoms with Crippen LogP contribution in [0.2, 0.25) is 0 Å². The van der Waals surface area contributed by atoms with Gasteiger partial charge in [0.05, 0.1) is 12.6 Å². The first-order valence-corrected chi connectivity index (χ1v) is 7.94. The molecule has 0 saturated carbocycles. The number of benzene rings is 1. The van der Waals surface area contributed by atoms with Gasteiger partial charge in [0.15, 0.2) is 0 Å². The van der Waals surface area contributed by atoms with Gasteiger partial charge in [0.25, 0.3) is 0 Å². The Morgan fingerprint density at radius 3 is 2.79 bits per heavy atom. The fraction of sp³-hybridized carbons (Fsp3) is 0.471. The molecule has 2 aromatic rings. The fourth-order valence-electron chi connectivity index (χ4n) is 2.76. The first-order chi connectivity index (χ1) is 11.7. The van der Waals surface area contributed by atoms with E-state index in [1.807, 2.05) is 18.2 Å². The Hall–Kier alpha value is -2.41. The number of ether oxygens (including phenoxy) is 3. The Morgan fingerprint density at radius 2 is 2.08 bits per heavy atom. The molecule has 1 amide bonds. The van der Waals surface area contributed by atoms with Crippen LogP contribution in [-0.2, 0) is 9.53 Å². The van der Waals surface area contributed by atoms with Gasteiger partial charge >= 0.3 is 6.01 Å². The van der Waals surface area contributed by atoms with Crippen LogP contribution in [-0.4, -0.2) is 60.8 Å². The normalized spacial score (nSPS) is 15.5. The van der Waals surface area contributed by atoms with Crippen molar-refractivity contribution in [2.75, 3.05) is 33.9 Å². The van der Waals surface area contributed by atoms with E-state index < -0.39 is 0 Å². The molecular weight excluding hydrogens is 310 g/mol. The molecule has 2 heterocycles. The third kappa shape index (κ3) is 3.73. The molecule has 0 bridgehead atoms. The summed E-state index contributed by atoms with van der Waals surface area (Å²) in [6.07, 6.45) is 3.28. The highest BCUT2D eigenvalue weighted by atomic mass is 16.5. The standard InChI is InChI=1S/C17H21N3O4/c1-22-11-16(21)20-7-5-13(6-8-20)24-17-18-10-12-3-4-14(23-2)9-15(12)19-17/h3-4,9-10,13H,5-8,11H2,1-2H3. The summed E-state index contributed by atoms with van der Waals surface area (Å²) in [5, 5.41) is 0.933. The number of hydrogen-bond donors (Lipinski definition) is 0. The molecule has 7 heteroatoms. The van der Waals surface area contributed by atoms with Gasteiger partial charge in [-0.1, -0.05) is 0 Å². The van der Waals surface area contributed by atoms with Gasteiger partial charge in [-0.2, -0.15) is 4.98 Å². The van der Waals surface area contributed by atoms with Crippen molar-refractivity contribution in [1.29, 1.82) is 0 Å². The second-order valence-electron chi connectivity index (χ2n) is 5.71. The van der Waals surface area contributed by atoms with Crippen LogP contribution in [0, 0.1) is 0 Å². The Kier molecular flexibility index (Phi) is 5.10. The van der Waals surface area contributed by atoms with Crippen LogP contribution in [0.4, 0.5) is 0 Å². The van der Waals surface area contributed by atoms with Gasteiger partial charge in [-0.15, -0.1) is 0 Å². The van der Waals surface area contributed by atoms with Gasteiger partial charge in [-0.25, -0.2) is 4.98 Å². The van der Waals surface area contributed by atoms with E-state index in [0.717, 1.165) is 29.5 Å². The third-order valence-corrected chi connectivity index (χ3v) is 4.10. The molecule has 0 N–H and O–H groups in total. The smallest absolute Gasteiger partial charge is 0.317 e. The van der Waals surface area contributed by atoms with Crippen molar-refractivity contribution in [3.63, 3.8) is 0 Å². The highest BCUT2D eigenvalue weighted by Gasteiger charge is 2.24. The summed E-state index contributed by atoms with van der Waals surface area (Å²) in [4.78, 5) is 22.3. The van der Waals surface area contributed by atoms with Gasteiger partial charge in [0.1, 0.15) is 18.5 Å². The molecule has 128 valence electrons. The van der Waals surface area contributed by atoms with E-state index in [-0.39, 0.29) is 18.6 Å². The van der Waals surface area contributed by atoms with Crippen LogP contribution in [0.15, 0.2) is 24.4 Å². The summed E-state index contributed by atoms with van der Waals surface area (Å²) in [6, 6.07) is 6.00. The lowest BCUT2D eigenvalue weighted by Gasteiger charge is -2.31. The monoisotopic (exact) mass is 331 g/mol. The van der Waals surface area contributed by atoms with Crippen molar-refractivity contribution >= 4 is 16.8 Å². The van der Waals surface area contributed by atoms with E-state index in [2.05, 4.69) is 9.97 Å². The molecule has 0 aliphatic carbocycles. The van der Waals surface area contributed by atoms with E-state index in [4.69, 9.17) is 14.2 Å². The number of likely N-dealkylation sites (tertiary alicyclic amines) is 1. The van der Waals surface area contributed by atoms with Crippen LogP contribution in [0.5, 0.6) is 11.8 Å². The number of aromatic nitrogens is 2. The van der Waals surface area contributed by atoms with Crippen LogP contribution >= 0.6 is 0 Å². The maximum Gasteiger partial charge on any atom is 0.317 e. The quantitative estimate of drug-likeness (QED) is 0.829. The number of amides is 1. The minimum absolute atomic E-state index is 0.0136. The average Bonchev–Trinajstić information content (AvgIpc) is 2.62. The molecule has 1 saturated heterocycles. The number of nitrogens with zero attached hydrogens (tertiary/aromatic N) is 3. The molecule has 24 heavy (non-hydrogen) atoms. The molecule has 1 aromatic heterocycles. The van der Waals surface area contributed by atoms with Crippen molar-refractivity contribution < 1.29 is 19.0 Å². The van der Waals surface area contributed by atoms with Crippen LogP contribution in [0.3, 0.4) is 0 Å². The maximum atomic E-state index is 11.8. The highest BCUT2D eigenvalue weighted by Crippen LogP contribution is 2.22. The van der Waals surface area contributed by atoms with Crippen molar-refractivity contribution in [3.8, 4) is 11.8 Å². The van der Waals surface area contributed by atoms with Crippen LogP contribution in [0.25, 0.3) is 10.9 Å². The summed E-state index contributed by atoms with van der Waals surface area (Å²) in [5.74, 6) is 0.766. The zero-order valence-electron chi connectivity index (χ0n) is 13.9. The van der Waals surface area contributed by atoms with E-state index in [1.165, 1.54) is 7.11 Å². The van der Waals surface area contributed by atoms with E-state index in [9.17, 15) is 4.79 Å². The number of piperidine rings is 1. The first kappa shape index (κ1) is 16.4. The molecular formula is C17H21N3O4. The van der Waals surface area contributed by atoms with Crippen molar-refractivity contribution in [2.24, 2.45) is 0 Å². The Balaban J connectivity index is 1.62. The molecule has 1 aliphatic rings. The van der Waals surface area contributed by atoms with Crippen LogP contribution < -0.4 is 9.47 Å². The lowest BCUT2D eigenvalue weighted by Crippen LogP contribution is -2.43. The maximum absolute atomic E-state index is 11.8. The van der Waals surface area contributed by atoms with Gasteiger partial charge < -0.3 is 19.1 Å². The number of carbonyl (C=O) groups excluding carboxylic acids is 1. The Labute approximate surface area is 140 Å². The number of rotatable bonds is 5. The summed E-state index contributed by atoms with van der Waals surface area (Å²) >= 11 is 0. The zero-order chi connectivity index (χ0) is 16.9. The minimum atomic E-state index is 0.0136. The minimum Gasteiger partial charge on any atom is -0.497 e. The SMILES string of the molecule is COCC(=O)N1CCC(Oc2ncc3ccc(OC)cc3n2)CC1. The highest BCUT2D eigenvalue weighted by molar-refractivity contribution is 5.79. The Bertz CT molecular complexity index is 714. The molecule has 1 aromatic carbocycles. The molecule has 0 unspecified atom stereocenters. The lowest BCUT2D eigenvalue weighted by molar-refractivity contribution is -0.136. The molecule has 1 aliphatic heterocycles. The van der Waals surface area contributed by atoms with Crippen molar-refractivity contribution in [3.05, 3.63) is 24.4 Å².